The van der Waals surface area contributed by atoms with Gasteiger partial charge in [-0.2, -0.15) is 0 Å². The Morgan fingerprint density at radius 1 is 1.53 bits per heavy atom. The first kappa shape index (κ1) is 11.5. The lowest BCUT2D eigenvalue weighted by Crippen LogP contribution is -2.32. The Morgan fingerprint density at radius 2 is 2.20 bits per heavy atom. The Balaban J connectivity index is 2.89. The van der Waals surface area contributed by atoms with Crippen molar-refractivity contribution in [3.8, 4) is 5.75 Å². The fraction of sp³-hybridized carbons (Fsp3) is 0.364. The number of anilines is 1. The second-order valence-electron chi connectivity index (χ2n) is 3.48. The van der Waals surface area contributed by atoms with E-state index in [0.717, 1.165) is 5.56 Å². The predicted molar refractivity (Wildman–Crippen MR) is 60.0 cm³/mol. The van der Waals surface area contributed by atoms with Crippen molar-refractivity contribution in [1.82, 2.24) is 0 Å². The zero-order chi connectivity index (χ0) is 11.4. The first-order chi connectivity index (χ1) is 7.04. The van der Waals surface area contributed by atoms with E-state index in [1.807, 2.05) is 19.1 Å². The van der Waals surface area contributed by atoms with Crippen LogP contribution >= 0.6 is 0 Å². The highest BCUT2D eigenvalue weighted by Gasteiger charge is 2.10. The highest BCUT2D eigenvalue weighted by Crippen LogP contribution is 2.25. The van der Waals surface area contributed by atoms with Crippen LogP contribution in [0.1, 0.15) is 12.5 Å². The summed E-state index contributed by atoms with van der Waals surface area (Å²) in [6.07, 6.45) is 0. The first-order valence-electron chi connectivity index (χ1n) is 4.75. The van der Waals surface area contributed by atoms with Gasteiger partial charge in [-0.1, -0.05) is 6.07 Å². The molecule has 1 aromatic carbocycles. The fourth-order valence-corrected chi connectivity index (χ4v) is 1.15. The largest absolute Gasteiger partial charge is 0.495 e. The van der Waals surface area contributed by atoms with Gasteiger partial charge in [0.05, 0.1) is 18.8 Å². The lowest BCUT2D eigenvalue weighted by atomic mass is 10.2. The minimum atomic E-state index is -0.531. The fourth-order valence-electron chi connectivity index (χ4n) is 1.15. The standard InChI is InChI=1S/C11H16N2O2/c1-7-4-5-9(10(6-7)15-3)13-11(14)8(2)12/h4-6,8H,12H2,1-3H3,(H,13,14). The average Bonchev–Trinajstić information content (AvgIpc) is 2.20. The van der Waals surface area contributed by atoms with Crippen molar-refractivity contribution in [2.45, 2.75) is 19.9 Å². The number of ether oxygens (including phenoxy) is 1. The third-order valence-electron chi connectivity index (χ3n) is 2.03. The summed E-state index contributed by atoms with van der Waals surface area (Å²) >= 11 is 0. The van der Waals surface area contributed by atoms with Gasteiger partial charge in [0.25, 0.3) is 0 Å². The van der Waals surface area contributed by atoms with Crippen molar-refractivity contribution in [2.75, 3.05) is 12.4 Å². The highest BCUT2D eigenvalue weighted by atomic mass is 16.5. The summed E-state index contributed by atoms with van der Waals surface area (Å²) in [6, 6.07) is 5.03. The molecular weight excluding hydrogens is 192 g/mol. The van der Waals surface area contributed by atoms with Crippen LogP contribution in [0.25, 0.3) is 0 Å². The van der Waals surface area contributed by atoms with Gasteiger partial charge in [0, 0.05) is 0 Å². The Morgan fingerprint density at radius 3 is 2.73 bits per heavy atom. The van der Waals surface area contributed by atoms with Crippen LogP contribution in [0, 0.1) is 6.92 Å². The van der Waals surface area contributed by atoms with Crippen molar-refractivity contribution >= 4 is 11.6 Å². The van der Waals surface area contributed by atoms with E-state index < -0.39 is 6.04 Å². The lowest BCUT2D eigenvalue weighted by Gasteiger charge is -2.12. The van der Waals surface area contributed by atoms with Crippen LogP contribution < -0.4 is 15.8 Å². The number of carbonyl (C=O) groups is 1. The smallest absolute Gasteiger partial charge is 0.241 e. The molecule has 4 nitrogen and oxygen atoms in total. The summed E-state index contributed by atoms with van der Waals surface area (Å²) < 4.78 is 5.15. The van der Waals surface area contributed by atoms with Gasteiger partial charge in [-0.25, -0.2) is 0 Å². The van der Waals surface area contributed by atoms with Gasteiger partial charge in [-0.3, -0.25) is 4.79 Å². The first-order valence-corrected chi connectivity index (χ1v) is 4.75. The second kappa shape index (κ2) is 4.79. The molecule has 0 saturated carbocycles. The molecule has 0 aliphatic carbocycles. The van der Waals surface area contributed by atoms with Crippen LogP contribution in [0.5, 0.6) is 5.75 Å². The molecule has 1 unspecified atom stereocenters. The zero-order valence-electron chi connectivity index (χ0n) is 9.20. The molecule has 0 aliphatic heterocycles. The van der Waals surface area contributed by atoms with E-state index in [0.29, 0.717) is 11.4 Å². The van der Waals surface area contributed by atoms with E-state index in [2.05, 4.69) is 5.32 Å². The van der Waals surface area contributed by atoms with Crippen molar-refractivity contribution in [3.63, 3.8) is 0 Å². The molecule has 1 atom stereocenters. The van der Waals surface area contributed by atoms with Crippen LogP contribution in [-0.2, 0) is 4.79 Å². The third-order valence-corrected chi connectivity index (χ3v) is 2.03. The number of amides is 1. The Kier molecular flexibility index (Phi) is 3.68. The number of carbonyl (C=O) groups excluding carboxylic acids is 1. The Hall–Kier alpha value is -1.55. The third kappa shape index (κ3) is 2.95. The topological polar surface area (TPSA) is 64.3 Å². The molecule has 0 aromatic heterocycles. The van der Waals surface area contributed by atoms with Gasteiger partial charge < -0.3 is 15.8 Å². The van der Waals surface area contributed by atoms with Crippen molar-refractivity contribution < 1.29 is 9.53 Å². The molecule has 0 spiro atoms. The van der Waals surface area contributed by atoms with E-state index in [9.17, 15) is 4.79 Å². The molecule has 1 aromatic rings. The molecule has 0 saturated heterocycles. The normalized spacial score (nSPS) is 12.0. The van der Waals surface area contributed by atoms with Crippen LogP contribution in [0.4, 0.5) is 5.69 Å². The summed E-state index contributed by atoms with van der Waals surface area (Å²) in [5.74, 6) is 0.418. The van der Waals surface area contributed by atoms with Gasteiger partial charge >= 0.3 is 0 Å². The van der Waals surface area contributed by atoms with E-state index in [1.165, 1.54) is 0 Å². The molecule has 82 valence electrons. The monoisotopic (exact) mass is 208 g/mol. The average molecular weight is 208 g/mol. The van der Waals surface area contributed by atoms with E-state index in [1.54, 1.807) is 20.1 Å². The van der Waals surface area contributed by atoms with Gasteiger partial charge in [-0.15, -0.1) is 0 Å². The summed E-state index contributed by atoms with van der Waals surface area (Å²) in [6.45, 7) is 3.59. The molecule has 15 heavy (non-hydrogen) atoms. The quantitative estimate of drug-likeness (QED) is 0.786. The molecule has 1 amide bonds. The number of hydrogen-bond donors (Lipinski definition) is 2. The maximum atomic E-state index is 11.4. The van der Waals surface area contributed by atoms with Gasteiger partial charge in [0.2, 0.25) is 5.91 Å². The molecule has 1 rings (SSSR count). The molecule has 0 radical (unpaired) electrons. The van der Waals surface area contributed by atoms with Crippen molar-refractivity contribution in [2.24, 2.45) is 5.73 Å². The summed E-state index contributed by atoms with van der Waals surface area (Å²) in [5.41, 5.74) is 7.17. The minimum Gasteiger partial charge on any atom is -0.495 e. The number of nitrogens with one attached hydrogen (secondary N) is 1. The van der Waals surface area contributed by atoms with E-state index in [4.69, 9.17) is 10.5 Å². The summed E-state index contributed by atoms with van der Waals surface area (Å²) in [5, 5.41) is 2.70. The van der Waals surface area contributed by atoms with Crippen LogP contribution in [0.2, 0.25) is 0 Å². The summed E-state index contributed by atoms with van der Waals surface area (Å²) in [7, 11) is 1.57. The number of methoxy groups -OCH3 is 1. The molecule has 3 N–H and O–H groups in total. The van der Waals surface area contributed by atoms with Gasteiger partial charge in [-0.05, 0) is 31.5 Å². The maximum Gasteiger partial charge on any atom is 0.241 e. The molecule has 4 heteroatoms. The summed E-state index contributed by atoms with van der Waals surface area (Å²) in [4.78, 5) is 11.4. The van der Waals surface area contributed by atoms with Crippen LogP contribution in [0.3, 0.4) is 0 Å². The molecule has 0 aliphatic rings. The van der Waals surface area contributed by atoms with Gasteiger partial charge in [0.15, 0.2) is 0 Å². The number of hydrogen-bond acceptors (Lipinski definition) is 3. The van der Waals surface area contributed by atoms with Crippen LogP contribution in [-0.4, -0.2) is 19.1 Å². The molecule has 0 heterocycles. The maximum absolute atomic E-state index is 11.4. The highest BCUT2D eigenvalue weighted by molar-refractivity contribution is 5.95. The second-order valence-corrected chi connectivity index (χ2v) is 3.48. The van der Waals surface area contributed by atoms with Gasteiger partial charge in [0.1, 0.15) is 5.75 Å². The van der Waals surface area contributed by atoms with Crippen LogP contribution in [0.15, 0.2) is 18.2 Å². The predicted octanol–water partition coefficient (Wildman–Crippen LogP) is 1.29. The Labute approximate surface area is 89.4 Å². The number of rotatable bonds is 3. The Bertz CT molecular complexity index is 362. The van der Waals surface area contributed by atoms with Crippen molar-refractivity contribution in [1.29, 1.82) is 0 Å². The lowest BCUT2D eigenvalue weighted by molar-refractivity contribution is -0.117. The molecular formula is C11H16N2O2. The molecule has 0 bridgehead atoms. The number of nitrogens with two attached hydrogens (primary N) is 1. The zero-order valence-corrected chi connectivity index (χ0v) is 9.20. The molecule has 0 fully saturated rings. The number of aryl methyl sites for hydroxylation is 1. The van der Waals surface area contributed by atoms with E-state index >= 15 is 0 Å². The minimum absolute atomic E-state index is 0.225. The van der Waals surface area contributed by atoms with Crippen molar-refractivity contribution in [3.05, 3.63) is 23.8 Å². The SMILES string of the molecule is COc1cc(C)ccc1NC(=O)C(C)N. The van der Waals surface area contributed by atoms with E-state index in [-0.39, 0.29) is 5.91 Å². The number of benzene rings is 1.